The summed E-state index contributed by atoms with van der Waals surface area (Å²) in [5.74, 6) is 0. The highest BCUT2D eigenvalue weighted by Gasteiger charge is 2.34. The van der Waals surface area contributed by atoms with Crippen molar-refractivity contribution in [2.24, 2.45) is 0 Å². The third kappa shape index (κ3) is 2.41. The Morgan fingerprint density at radius 3 is 2.61 bits per heavy atom. The van der Waals surface area contributed by atoms with Crippen molar-refractivity contribution < 1.29 is 18.3 Å². The lowest BCUT2D eigenvalue weighted by Crippen LogP contribution is -2.21. The van der Waals surface area contributed by atoms with Crippen LogP contribution in [0.3, 0.4) is 0 Å². The molecule has 1 saturated heterocycles. The van der Waals surface area contributed by atoms with E-state index in [4.69, 9.17) is 5.26 Å². The van der Waals surface area contributed by atoms with E-state index in [1.165, 1.54) is 12.1 Å². The van der Waals surface area contributed by atoms with Crippen molar-refractivity contribution in [3.8, 4) is 6.07 Å². The fourth-order valence-electron chi connectivity index (χ4n) is 2.04. The molecule has 0 radical (unpaired) electrons. The summed E-state index contributed by atoms with van der Waals surface area (Å²) in [6.45, 7) is 0.966. The number of rotatable bonds is 1. The summed E-state index contributed by atoms with van der Waals surface area (Å²) in [6.07, 6.45) is -4.39. The van der Waals surface area contributed by atoms with Gasteiger partial charge in [0.05, 0.1) is 23.3 Å². The highest BCUT2D eigenvalue weighted by Crippen LogP contribution is 2.34. The van der Waals surface area contributed by atoms with Crippen molar-refractivity contribution in [2.75, 3.05) is 18.0 Å². The van der Waals surface area contributed by atoms with E-state index in [1.54, 1.807) is 11.0 Å². The zero-order chi connectivity index (χ0) is 13.3. The van der Waals surface area contributed by atoms with Gasteiger partial charge in [0.1, 0.15) is 0 Å². The fourth-order valence-corrected chi connectivity index (χ4v) is 2.04. The van der Waals surface area contributed by atoms with Crippen LogP contribution in [0.5, 0.6) is 0 Å². The average molecular weight is 256 g/mol. The summed E-state index contributed by atoms with van der Waals surface area (Å²) >= 11 is 0. The number of alkyl halides is 3. The SMILES string of the molecule is N#Cc1cc(N2CC[C@H](O)C2)ccc1C(F)(F)F. The Labute approximate surface area is 102 Å². The molecule has 1 aromatic carbocycles. The van der Waals surface area contributed by atoms with E-state index in [1.807, 2.05) is 0 Å². The lowest BCUT2D eigenvalue weighted by Gasteiger charge is -2.19. The standard InChI is InChI=1S/C12H11F3N2O/c13-12(14,15)11-2-1-9(5-8(11)6-16)17-4-3-10(18)7-17/h1-2,5,10,18H,3-4,7H2/t10-/m0/s1. The number of anilines is 1. The minimum atomic E-state index is -4.52. The molecule has 0 bridgehead atoms. The second-order valence-corrected chi connectivity index (χ2v) is 4.23. The lowest BCUT2D eigenvalue weighted by atomic mass is 10.1. The number of benzene rings is 1. The van der Waals surface area contributed by atoms with Crippen LogP contribution in [0.15, 0.2) is 18.2 Å². The second kappa shape index (κ2) is 4.50. The van der Waals surface area contributed by atoms with Gasteiger partial charge in [0.15, 0.2) is 0 Å². The molecular formula is C12H11F3N2O. The molecule has 2 rings (SSSR count). The van der Waals surface area contributed by atoms with E-state index in [0.717, 1.165) is 6.07 Å². The van der Waals surface area contributed by atoms with E-state index >= 15 is 0 Å². The quantitative estimate of drug-likeness (QED) is 0.837. The molecule has 0 aromatic heterocycles. The van der Waals surface area contributed by atoms with E-state index in [2.05, 4.69) is 0 Å². The molecule has 0 unspecified atom stereocenters. The summed E-state index contributed by atoms with van der Waals surface area (Å²) in [4.78, 5) is 1.77. The molecule has 1 aliphatic heterocycles. The first-order valence-electron chi connectivity index (χ1n) is 5.46. The predicted molar refractivity (Wildman–Crippen MR) is 59.0 cm³/mol. The zero-order valence-electron chi connectivity index (χ0n) is 9.41. The van der Waals surface area contributed by atoms with Crippen molar-refractivity contribution in [3.05, 3.63) is 29.3 Å². The number of nitrogens with zero attached hydrogens (tertiary/aromatic N) is 2. The number of aliphatic hydroxyl groups excluding tert-OH is 1. The highest BCUT2D eigenvalue weighted by atomic mass is 19.4. The normalized spacial score (nSPS) is 19.9. The van der Waals surface area contributed by atoms with Crippen LogP contribution >= 0.6 is 0 Å². The monoisotopic (exact) mass is 256 g/mol. The molecule has 18 heavy (non-hydrogen) atoms. The molecule has 0 saturated carbocycles. The van der Waals surface area contributed by atoms with Gasteiger partial charge in [-0.25, -0.2) is 0 Å². The molecule has 3 nitrogen and oxygen atoms in total. The van der Waals surface area contributed by atoms with E-state index < -0.39 is 17.8 Å². The van der Waals surface area contributed by atoms with Crippen LogP contribution in [-0.4, -0.2) is 24.3 Å². The maximum atomic E-state index is 12.6. The van der Waals surface area contributed by atoms with E-state index in [0.29, 0.717) is 25.2 Å². The van der Waals surface area contributed by atoms with Crippen LogP contribution in [0.4, 0.5) is 18.9 Å². The minimum Gasteiger partial charge on any atom is -0.391 e. The molecule has 1 atom stereocenters. The number of hydrogen-bond donors (Lipinski definition) is 1. The molecule has 1 aliphatic rings. The van der Waals surface area contributed by atoms with Crippen molar-refractivity contribution in [1.82, 2.24) is 0 Å². The summed E-state index contributed by atoms with van der Waals surface area (Å²) in [5, 5.41) is 18.2. The summed E-state index contributed by atoms with van der Waals surface area (Å²) < 4.78 is 37.8. The number of hydrogen-bond acceptors (Lipinski definition) is 3. The van der Waals surface area contributed by atoms with Gasteiger partial charge in [-0.15, -0.1) is 0 Å². The van der Waals surface area contributed by atoms with Gasteiger partial charge in [-0.1, -0.05) is 0 Å². The van der Waals surface area contributed by atoms with E-state index in [-0.39, 0.29) is 5.56 Å². The van der Waals surface area contributed by atoms with Crippen LogP contribution in [0, 0.1) is 11.3 Å². The highest BCUT2D eigenvalue weighted by molar-refractivity contribution is 5.56. The van der Waals surface area contributed by atoms with Crippen LogP contribution < -0.4 is 4.90 Å². The molecule has 0 aliphatic carbocycles. The van der Waals surface area contributed by atoms with Crippen molar-refractivity contribution in [1.29, 1.82) is 5.26 Å². The first kappa shape index (κ1) is 12.7. The Kier molecular flexibility index (Phi) is 3.18. The fraction of sp³-hybridized carbons (Fsp3) is 0.417. The Hall–Kier alpha value is -1.74. The second-order valence-electron chi connectivity index (χ2n) is 4.23. The predicted octanol–water partition coefficient (Wildman–Crippen LogP) is 2.15. The van der Waals surface area contributed by atoms with Gasteiger partial charge in [-0.2, -0.15) is 18.4 Å². The minimum absolute atomic E-state index is 0.385. The first-order valence-corrected chi connectivity index (χ1v) is 5.46. The smallest absolute Gasteiger partial charge is 0.391 e. The number of aliphatic hydroxyl groups is 1. The lowest BCUT2D eigenvalue weighted by molar-refractivity contribution is -0.137. The number of β-amino-alcohol motifs (C(OH)–C–C–N with tert-alkyl or cyclic N) is 1. The van der Waals surface area contributed by atoms with Crippen LogP contribution in [0.25, 0.3) is 0 Å². The van der Waals surface area contributed by atoms with Crippen molar-refractivity contribution in [2.45, 2.75) is 18.7 Å². The molecule has 0 amide bonds. The molecule has 96 valence electrons. The van der Waals surface area contributed by atoms with Crippen LogP contribution in [0.1, 0.15) is 17.5 Å². The summed E-state index contributed by atoms with van der Waals surface area (Å²) in [6, 6.07) is 5.04. The van der Waals surface area contributed by atoms with Gasteiger partial charge in [0, 0.05) is 18.8 Å². The van der Waals surface area contributed by atoms with Crippen LogP contribution in [-0.2, 0) is 6.18 Å². The molecule has 1 N–H and O–H groups in total. The van der Waals surface area contributed by atoms with E-state index in [9.17, 15) is 18.3 Å². The summed E-state index contributed by atoms with van der Waals surface area (Å²) in [7, 11) is 0. The Balaban J connectivity index is 2.34. The van der Waals surface area contributed by atoms with Crippen molar-refractivity contribution >= 4 is 5.69 Å². The third-order valence-corrected chi connectivity index (χ3v) is 2.96. The number of halogens is 3. The molecule has 1 heterocycles. The first-order chi connectivity index (χ1) is 8.41. The Morgan fingerprint density at radius 2 is 2.11 bits per heavy atom. The summed E-state index contributed by atoms with van der Waals surface area (Å²) in [5.41, 5.74) is -0.772. The van der Waals surface area contributed by atoms with Crippen molar-refractivity contribution in [3.63, 3.8) is 0 Å². The maximum absolute atomic E-state index is 12.6. The topological polar surface area (TPSA) is 47.3 Å². The molecular weight excluding hydrogens is 245 g/mol. The third-order valence-electron chi connectivity index (χ3n) is 2.96. The van der Waals surface area contributed by atoms with Gasteiger partial charge in [0.2, 0.25) is 0 Å². The largest absolute Gasteiger partial charge is 0.417 e. The van der Waals surface area contributed by atoms with Gasteiger partial charge < -0.3 is 10.0 Å². The van der Waals surface area contributed by atoms with Crippen LogP contribution in [0.2, 0.25) is 0 Å². The number of nitriles is 1. The van der Waals surface area contributed by atoms with Gasteiger partial charge >= 0.3 is 6.18 Å². The molecule has 1 aromatic rings. The Bertz CT molecular complexity index is 493. The zero-order valence-corrected chi connectivity index (χ0v) is 9.41. The maximum Gasteiger partial charge on any atom is 0.417 e. The molecule has 6 heteroatoms. The average Bonchev–Trinajstić information content (AvgIpc) is 2.74. The Morgan fingerprint density at radius 1 is 1.39 bits per heavy atom. The molecule has 0 spiro atoms. The molecule has 1 fully saturated rings. The van der Waals surface area contributed by atoms with Gasteiger partial charge in [-0.05, 0) is 24.6 Å². The van der Waals surface area contributed by atoms with Gasteiger partial charge in [0.25, 0.3) is 0 Å². The van der Waals surface area contributed by atoms with Gasteiger partial charge in [-0.3, -0.25) is 0 Å².